The molecule has 0 N–H and O–H groups in total. The number of likely N-dealkylation sites (tertiary alicyclic amines) is 1. The van der Waals surface area contributed by atoms with E-state index >= 15 is 0 Å². The van der Waals surface area contributed by atoms with Gasteiger partial charge >= 0.3 is 0 Å². The van der Waals surface area contributed by atoms with Crippen molar-refractivity contribution in [1.82, 2.24) is 4.90 Å². The predicted molar refractivity (Wildman–Crippen MR) is 89.7 cm³/mol. The maximum absolute atomic E-state index is 2.67. The van der Waals surface area contributed by atoms with E-state index in [-0.39, 0.29) is 5.54 Å². The van der Waals surface area contributed by atoms with Crippen LogP contribution in [0.25, 0.3) is 0 Å². The lowest BCUT2D eigenvalue weighted by Gasteiger charge is -2.35. The van der Waals surface area contributed by atoms with E-state index in [0.29, 0.717) is 0 Å². The van der Waals surface area contributed by atoms with Crippen LogP contribution in [0.4, 0.5) is 0 Å². The fourth-order valence-electron chi connectivity index (χ4n) is 3.17. The lowest BCUT2D eigenvalue weighted by atomic mass is 9.95. The Morgan fingerprint density at radius 2 is 2.20 bits per heavy atom. The van der Waals surface area contributed by atoms with E-state index in [4.69, 9.17) is 0 Å². The van der Waals surface area contributed by atoms with E-state index in [9.17, 15) is 0 Å². The number of hydrogen-bond acceptors (Lipinski definition) is 3. The molecule has 1 fully saturated rings. The van der Waals surface area contributed by atoms with E-state index in [1.54, 1.807) is 4.88 Å². The SMILES string of the molecule is CC(C)(c1ccsc1)N1CCC(CCc2cccs2)C1. The molecule has 1 aliphatic rings. The summed E-state index contributed by atoms with van der Waals surface area (Å²) in [5, 5.41) is 6.69. The fraction of sp³-hybridized carbons (Fsp3) is 0.529. The maximum Gasteiger partial charge on any atom is 0.0412 e. The van der Waals surface area contributed by atoms with Gasteiger partial charge in [-0.25, -0.2) is 0 Å². The van der Waals surface area contributed by atoms with Gasteiger partial charge in [-0.3, -0.25) is 4.90 Å². The van der Waals surface area contributed by atoms with Crippen molar-refractivity contribution in [2.45, 2.75) is 38.6 Å². The van der Waals surface area contributed by atoms with Gasteiger partial charge in [0.15, 0.2) is 0 Å². The maximum atomic E-state index is 2.67. The van der Waals surface area contributed by atoms with Crippen LogP contribution in [-0.2, 0) is 12.0 Å². The second-order valence-electron chi connectivity index (χ2n) is 6.29. The zero-order chi connectivity index (χ0) is 14.0. The Hall–Kier alpha value is -0.640. The molecule has 3 heteroatoms. The Balaban J connectivity index is 1.56. The van der Waals surface area contributed by atoms with Gasteiger partial charge in [0.05, 0.1) is 0 Å². The Morgan fingerprint density at radius 1 is 1.30 bits per heavy atom. The summed E-state index contributed by atoms with van der Waals surface area (Å²) < 4.78 is 0. The van der Waals surface area contributed by atoms with Gasteiger partial charge in [-0.15, -0.1) is 11.3 Å². The molecule has 1 atom stereocenters. The van der Waals surface area contributed by atoms with Crippen molar-refractivity contribution in [2.24, 2.45) is 5.92 Å². The summed E-state index contributed by atoms with van der Waals surface area (Å²) in [6.45, 7) is 7.25. The molecular formula is C17H23NS2. The lowest BCUT2D eigenvalue weighted by Crippen LogP contribution is -2.39. The number of thiophene rings is 2. The molecule has 3 rings (SSSR count). The molecule has 108 valence electrons. The van der Waals surface area contributed by atoms with Gasteiger partial charge in [0, 0.05) is 17.0 Å². The average molecular weight is 306 g/mol. The average Bonchev–Trinajstić information content (AvgIpc) is 3.17. The molecule has 1 nitrogen and oxygen atoms in total. The number of rotatable bonds is 5. The molecule has 0 amide bonds. The zero-order valence-corrected chi connectivity index (χ0v) is 14.0. The molecule has 0 spiro atoms. The van der Waals surface area contributed by atoms with Crippen LogP contribution in [0.2, 0.25) is 0 Å². The van der Waals surface area contributed by atoms with E-state index in [2.05, 4.69) is 53.1 Å². The smallest absolute Gasteiger partial charge is 0.0412 e. The van der Waals surface area contributed by atoms with Crippen LogP contribution >= 0.6 is 22.7 Å². The van der Waals surface area contributed by atoms with Gasteiger partial charge in [-0.05, 0) is 79.4 Å². The van der Waals surface area contributed by atoms with E-state index < -0.39 is 0 Å². The number of aryl methyl sites for hydroxylation is 1. The molecule has 1 unspecified atom stereocenters. The van der Waals surface area contributed by atoms with Gasteiger partial charge in [0.25, 0.3) is 0 Å². The molecule has 3 heterocycles. The van der Waals surface area contributed by atoms with E-state index in [0.717, 1.165) is 5.92 Å². The van der Waals surface area contributed by atoms with Crippen molar-refractivity contribution >= 4 is 22.7 Å². The van der Waals surface area contributed by atoms with Crippen molar-refractivity contribution in [2.75, 3.05) is 13.1 Å². The van der Waals surface area contributed by atoms with Gasteiger partial charge < -0.3 is 0 Å². The summed E-state index contributed by atoms with van der Waals surface area (Å²) in [5.74, 6) is 0.870. The van der Waals surface area contributed by atoms with Crippen molar-refractivity contribution in [1.29, 1.82) is 0 Å². The first kappa shape index (κ1) is 14.3. The summed E-state index contributed by atoms with van der Waals surface area (Å²) >= 11 is 3.71. The Bertz CT molecular complexity index is 513. The molecule has 20 heavy (non-hydrogen) atoms. The highest BCUT2D eigenvalue weighted by Crippen LogP contribution is 2.35. The van der Waals surface area contributed by atoms with Crippen LogP contribution in [0, 0.1) is 5.92 Å². The third kappa shape index (κ3) is 3.00. The zero-order valence-electron chi connectivity index (χ0n) is 12.3. The third-order valence-corrected chi connectivity index (χ3v) is 6.30. The van der Waals surface area contributed by atoms with Crippen LogP contribution in [0.1, 0.15) is 37.1 Å². The lowest BCUT2D eigenvalue weighted by molar-refractivity contribution is 0.149. The number of nitrogens with zero attached hydrogens (tertiary/aromatic N) is 1. The Labute approximate surface area is 130 Å². The van der Waals surface area contributed by atoms with Gasteiger partial charge in [0.1, 0.15) is 0 Å². The minimum absolute atomic E-state index is 0.192. The fourth-order valence-corrected chi connectivity index (χ4v) is 4.71. The molecule has 0 aromatic carbocycles. The Kier molecular flexibility index (Phi) is 4.29. The van der Waals surface area contributed by atoms with Crippen LogP contribution in [0.5, 0.6) is 0 Å². The van der Waals surface area contributed by atoms with E-state index in [1.165, 1.54) is 37.9 Å². The van der Waals surface area contributed by atoms with Crippen molar-refractivity contribution in [3.05, 3.63) is 44.8 Å². The molecule has 0 radical (unpaired) electrons. The second-order valence-corrected chi connectivity index (χ2v) is 8.10. The quantitative estimate of drug-likeness (QED) is 0.751. The third-order valence-electron chi connectivity index (χ3n) is 4.68. The van der Waals surface area contributed by atoms with Crippen LogP contribution in [0.3, 0.4) is 0 Å². The summed E-state index contributed by atoms with van der Waals surface area (Å²) in [4.78, 5) is 4.22. The second kappa shape index (κ2) is 6.00. The molecule has 0 aliphatic carbocycles. The molecule has 2 aromatic rings. The van der Waals surface area contributed by atoms with Gasteiger partial charge in [-0.1, -0.05) is 6.07 Å². The summed E-state index contributed by atoms with van der Waals surface area (Å²) in [6.07, 6.45) is 3.96. The van der Waals surface area contributed by atoms with Crippen LogP contribution in [0.15, 0.2) is 34.3 Å². The van der Waals surface area contributed by atoms with Crippen molar-refractivity contribution < 1.29 is 0 Å². The minimum Gasteiger partial charge on any atom is -0.294 e. The molecule has 0 saturated carbocycles. The summed E-state index contributed by atoms with van der Waals surface area (Å²) in [6, 6.07) is 6.72. The van der Waals surface area contributed by atoms with Gasteiger partial charge in [-0.2, -0.15) is 11.3 Å². The molecule has 2 aromatic heterocycles. The largest absolute Gasteiger partial charge is 0.294 e. The van der Waals surface area contributed by atoms with Crippen LogP contribution < -0.4 is 0 Å². The molecule has 0 bridgehead atoms. The molecular weight excluding hydrogens is 282 g/mol. The summed E-state index contributed by atoms with van der Waals surface area (Å²) in [7, 11) is 0. The first-order valence-electron chi connectivity index (χ1n) is 7.46. The van der Waals surface area contributed by atoms with Crippen molar-refractivity contribution in [3.8, 4) is 0 Å². The van der Waals surface area contributed by atoms with E-state index in [1.807, 2.05) is 22.7 Å². The number of hydrogen-bond donors (Lipinski definition) is 0. The summed E-state index contributed by atoms with van der Waals surface area (Å²) in [5.41, 5.74) is 1.67. The Morgan fingerprint density at radius 3 is 2.90 bits per heavy atom. The topological polar surface area (TPSA) is 3.24 Å². The minimum atomic E-state index is 0.192. The first-order chi connectivity index (χ1) is 9.66. The monoisotopic (exact) mass is 305 g/mol. The van der Waals surface area contributed by atoms with Gasteiger partial charge in [0.2, 0.25) is 0 Å². The van der Waals surface area contributed by atoms with Crippen molar-refractivity contribution in [3.63, 3.8) is 0 Å². The van der Waals surface area contributed by atoms with Crippen LogP contribution in [-0.4, -0.2) is 18.0 Å². The normalized spacial score (nSPS) is 20.6. The highest BCUT2D eigenvalue weighted by atomic mass is 32.1. The molecule has 1 saturated heterocycles. The predicted octanol–water partition coefficient (Wildman–Crippen LogP) is 5.00. The highest BCUT2D eigenvalue weighted by molar-refractivity contribution is 7.09. The standard InChI is InChI=1S/C17H23NS2/c1-17(2,15-8-11-19-13-15)18-9-7-14(12-18)5-6-16-4-3-10-20-16/h3-4,8,10-11,13-14H,5-7,9,12H2,1-2H3. The highest BCUT2D eigenvalue weighted by Gasteiger charge is 2.34. The first-order valence-corrected chi connectivity index (χ1v) is 9.28. The molecule has 1 aliphatic heterocycles.